The Kier molecular flexibility index (Phi) is 5.86. The molecule has 2 aliphatic heterocycles. The number of piperidine rings is 1. The highest BCUT2D eigenvalue weighted by Crippen LogP contribution is 2.36. The fourth-order valence-electron chi connectivity index (χ4n) is 4.35. The van der Waals surface area contributed by atoms with Crippen molar-refractivity contribution < 1.29 is 19.0 Å². The van der Waals surface area contributed by atoms with Gasteiger partial charge in [-0.05, 0) is 30.8 Å². The number of carbonyl (C=O) groups excluding carboxylic acids is 1. The molecule has 0 atom stereocenters. The molecule has 1 amide bonds. The first kappa shape index (κ1) is 20.5. The van der Waals surface area contributed by atoms with E-state index in [1.807, 2.05) is 41.3 Å². The molecule has 1 fully saturated rings. The van der Waals surface area contributed by atoms with Crippen LogP contribution >= 0.6 is 0 Å². The molecule has 160 valence electrons. The number of fused-ring (bicyclic) bond motifs is 1. The highest BCUT2D eigenvalue weighted by atomic mass is 16.5. The second-order valence-corrected chi connectivity index (χ2v) is 8.31. The van der Waals surface area contributed by atoms with Crippen molar-refractivity contribution in [2.45, 2.75) is 31.4 Å². The van der Waals surface area contributed by atoms with Gasteiger partial charge < -0.3 is 24.0 Å². The molecule has 0 aliphatic carbocycles. The van der Waals surface area contributed by atoms with E-state index in [4.69, 9.17) is 14.2 Å². The fraction of sp³-hybridized carbons (Fsp3) is 0.458. The Hall–Kier alpha value is -2.73. The summed E-state index contributed by atoms with van der Waals surface area (Å²) in [5, 5.41) is 0. The predicted molar refractivity (Wildman–Crippen MR) is 115 cm³/mol. The zero-order chi connectivity index (χ0) is 21.1. The van der Waals surface area contributed by atoms with Crippen LogP contribution in [-0.4, -0.2) is 62.2 Å². The van der Waals surface area contributed by atoms with Crippen molar-refractivity contribution >= 4 is 5.91 Å². The lowest BCUT2D eigenvalue weighted by atomic mass is 9.90. The number of likely N-dealkylation sites (tertiary alicyclic amines) is 1. The minimum absolute atomic E-state index is 0.0980. The van der Waals surface area contributed by atoms with E-state index in [-0.39, 0.29) is 11.5 Å². The van der Waals surface area contributed by atoms with Gasteiger partial charge in [0.05, 0.1) is 27.2 Å². The highest BCUT2D eigenvalue weighted by Gasteiger charge is 2.41. The Morgan fingerprint density at radius 2 is 1.80 bits per heavy atom. The zero-order valence-electron chi connectivity index (χ0n) is 18.0. The summed E-state index contributed by atoms with van der Waals surface area (Å²) in [6, 6.07) is 13.7. The highest BCUT2D eigenvalue weighted by molar-refractivity contribution is 5.79. The van der Waals surface area contributed by atoms with Gasteiger partial charge in [-0.25, -0.2) is 0 Å². The SMILES string of the molecule is COc1ccc(CC(=O)N2Cc3ccccc3OC3(CCN(C)CC3)C2)cc1OC. The fourth-order valence-corrected chi connectivity index (χ4v) is 4.35. The molecule has 0 saturated carbocycles. The number of para-hydroxylation sites is 1. The number of nitrogens with zero attached hydrogens (tertiary/aromatic N) is 2. The Bertz CT molecular complexity index is 906. The van der Waals surface area contributed by atoms with E-state index in [1.165, 1.54) is 0 Å². The molecule has 0 N–H and O–H groups in total. The summed E-state index contributed by atoms with van der Waals surface area (Å²) in [7, 11) is 5.35. The summed E-state index contributed by atoms with van der Waals surface area (Å²) in [4.78, 5) is 17.6. The van der Waals surface area contributed by atoms with Crippen molar-refractivity contribution in [3.63, 3.8) is 0 Å². The summed E-state index contributed by atoms with van der Waals surface area (Å²) in [5.74, 6) is 2.31. The van der Waals surface area contributed by atoms with Crippen molar-refractivity contribution in [3.05, 3.63) is 53.6 Å². The number of ether oxygens (including phenoxy) is 3. The lowest BCUT2D eigenvalue weighted by Gasteiger charge is -2.41. The molecule has 1 spiro atoms. The lowest BCUT2D eigenvalue weighted by Crippen LogP contribution is -2.53. The normalized spacial score (nSPS) is 18.3. The Labute approximate surface area is 178 Å². The summed E-state index contributed by atoms with van der Waals surface area (Å²) in [6.45, 7) is 3.13. The van der Waals surface area contributed by atoms with E-state index in [0.717, 1.165) is 42.8 Å². The van der Waals surface area contributed by atoms with E-state index in [9.17, 15) is 4.79 Å². The average Bonchev–Trinajstić information content (AvgIpc) is 2.92. The monoisotopic (exact) mass is 410 g/mol. The number of hydrogen-bond donors (Lipinski definition) is 0. The van der Waals surface area contributed by atoms with Crippen molar-refractivity contribution in [1.82, 2.24) is 9.80 Å². The maximum Gasteiger partial charge on any atom is 0.227 e. The van der Waals surface area contributed by atoms with Crippen LogP contribution in [0.4, 0.5) is 0 Å². The van der Waals surface area contributed by atoms with Crippen LogP contribution in [0.3, 0.4) is 0 Å². The van der Waals surface area contributed by atoms with Crippen LogP contribution in [-0.2, 0) is 17.8 Å². The number of benzene rings is 2. The van der Waals surface area contributed by atoms with Gasteiger partial charge in [0, 0.05) is 38.0 Å². The molecule has 6 nitrogen and oxygen atoms in total. The van der Waals surface area contributed by atoms with Crippen LogP contribution in [0.25, 0.3) is 0 Å². The Morgan fingerprint density at radius 3 is 2.53 bits per heavy atom. The quantitative estimate of drug-likeness (QED) is 0.775. The summed E-state index contributed by atoms with van der Waals surface area (Å²) >= 11 is 0. The van der Waals surface area contributed by atoms with E-state index < -0.39 is 0 Å². The minimum atomic E-state index is -0.327. The first-order valence-corrected chi connectivity index (χ1v) is 10.5. The standard InChI is InChI=1S/C24H30N2O4/c1-25-12-10-24(11-13-25)17-26(16-19-6-4-5-7-20(19)30-24)23(27)15-18-8-9-21(28-2)22(14-18)29-3/h4-9,14H,10-13,15-17H2,1-3H3. The first-order chi connectivity index (χ1) is 14.5. The van der Waals surface area contributed by atoms with Gasteiger partial charge in [0.15, 0.2) is 11.5 Å². The molecule has 2 aliphatic rings. The predicted octanol–water partition coefficient (Wildman–Crippen LogP) is 3.13. The van der Waals surface area contributed by atoms with Gasteiger partial charge >= 0.3 is 0 Å². The summed E-state index contributed by atoms with van der Waals surface area (Å²) < 4.78 is 17.3. The van der Waals surface area contributed by atoms with Crippen LogP contribution in [0, 0.1) is 0 Å². The molecule has 0 bridgehead atoms. The van der Waals surface area contributed by atoms with Crippen molar-refractivity contribution in [2.24, 2.45) is 0 Å². The van der Waals surface area contributed by atoms with Crippen molar-refractivity contribution in [3.8, 4) is 17.2 Å². The second-order valence-electron chi connectivity index (χ2n) is 8.31. The zero-order valence-corrected chi connectivity index (χ0v) is 18.0. The van der Waals surface area contributed by atoms with Gasteiger partial charge in [0.1, 0.15) is 11.4 Å². The molecule has 0 unspecified atom stereocenters. The molecule has 0 radical (unpaired) electrons. The van der Waals surface area contributed by atoms with Gasteiger partial charge in [0.25, 0.3) is 0 Å². The average molecular weight is 411 g/mol. The van der Waals surface area contributed by atoms with Crippen molar-refractivity contribution in [1.29, 1.82) is 0 Å². The summed E-state index contributed by atoms with van der Waals surface area (Å²) in [6.07, 6.45) is 2.15. The van der Waals surface area contributed by atoms with E-state index in [0.29, 0.717) is 31.0 Å². The molecule has 2 heterocycles. The molecule has 2 aromatic carbocycles. The smallest absolute Gasteiger partial charge is 0.227 e. The molecule has 4 rings (SSSR count). The van der Waals surface area contributed by atoms with Gasteiger partial charge in [-0.15, -0.1) is 0 Å². The van der Waals surface area contributed by atoms with Gasteiger partial charge in [-0.3, -0.25) is 4.79 Å². The van der Waals surface area contributed by atoms with Crippen LogP contribution in [0.2, 0.25) is 0 Å². The van der Waals surface area contributed by atoms with Crippen molar-refractivity contribution in [2.75, 3.05) is 40.9 Å². The molecular weight excluding hydrogens is 380 g/mol. The van der Waals surface area contributed by atoms with E-state index in [1.54, 1.807) is 14.2 Å². The minimum Gasteiger partial charge on any atom is -0.493 e. The molecular formula is C24H30N2O4. The number of amides is 1. The van der Waals surface area contributed by atoms with Crippen LogP contribution < -0.4 is 14.2 Å². The lowest BCUT2D eigenvalue weighted by molar-refractivity contribution is -0.134. The van der Waals surface area contributed by atoms with Gasteiger partial charge in [-0.1, -0.05) is 24.3 Å². The third kappa shape index (κ3) is 4.24. The Balaban J connectivity index is 1.58. The maximum atomic E-state index is 13.4. The number of hydrogen-bond acceptors (Lipinski definition) is 5. The molecule has 1 saturated heterocycles. The topological polar surface area (TPSA) is 51.2 Å². The Morgan fingerprint density at radius 1 is 1.07 bits per heavy atom. The largest absolute Gasteiger partial charge is 0.493 e. The molecule has 0 aromatic heterocycles. The van der Waals surface area contributed by atoms with Crippen LogP contribution in [0.15, 0.2) is 42.5 Å². The molecule has 6 heteroatoms. The molecule has 30 heavy (non-hydrogen) atoms. The summed E-state index contributed by atoms with van der Waals surface area (Å²) in [5.41, 5.74) is 1.65. The third-order valence-electron chi connectivity index (χ3n) is 6.19. The van der Waals surface area contributed by atoms with Gasteiger partial charge in [0.2, 0.25) is 5.91 Å². The number of methoxy groups -OCH3 is 2. The second kappa shape index (κ2) is 8.56. The third-order valence-corrected chi connectivity index (χ3v) is 6.19. The number of rotatable bonds is 4. The van der Waals surface area contributed by atoms with Gasteiger partial charge in [-0.2, -0.15) is 0 Å². The van der Waals surface area contributed by atoms with Crippen LogP contribution in [0.5, 0.6) is 17.2 Å². The first-order valence-electron chi connectivity index (χ1n) is 10.5. The number of carbonyl (C=O) groups is 1. The van der Waals surface area contributed by atoms with E-state index >= 15 is 0 Å². The molecule has 2 aromatic rings. The van der Waals surface area contributed by atoms with E-state index in [2.05, 4.69) is 18.0 Å². The maximum absolute atomic E-state index is 13.4. The van der Waals surface area contributed by atoms with Crippen LogP contribution in [0.1, 0.15) is 24.0 Å².